The molecule has 2 aromatic rings. The van der Waals surface area contributed by atoms with E-state index in [4.69, 9.17) is 14.2 Å². The summed E-state index contributed by atoms with van der Waals surface area (Å²) >= 11 is 1.61. The number of carbonyl (C=O) groups is 1. The highest BCUT2D eigenvalue weighted by Gasteiger charge is 2.32. The van der Waals surface area contributed by atoms with Gasteiger partial charge in [-0.1, -0.05) is 0 Å². The minimum atomic E-state index is -0.303. The van der Waals surface area contributed by atoms with Crippen LogP contribution >= 0.6 is 11.3 Å². The maximum Gasteiger partial charge on any atom is 0.410 e. The van der Waals surface area contributed by atoms with E-state index in [2.05, 4.69) is 14.9 Å². The molecule has 1 saturated heterocycles. The Kier molecular flexibility index (Phi) is 5.28. The molecule has 2 aromatic heterocycles. The fourth-order valence-electron chi connectivity index (χ4n) is 4.70. The fourth-order valence-corrected chi connectivity index (χ4v) is 5.85. The topological polar surface area (TPSA) is 77.0 Å². The zero-order valence-corrected chi connectivity index (χ0v) is 17.4. The van der Waals surface area contributed by atoms with Crippen molar-refractivity contribution in [3.05, 3.63) is 16.8 Å². The molecule has 156 valence electrons. The number of morpholine rings is 1. The van der Waals surface area contributed by atoms with E-state index in [1.165, 1.54) is 7.11 Å². The highest BCUT2D eigenvalue weighted by atomic mass is 32.1. The number of amides is 1. The number of carbonyl (C=O) groups excluding carboxylic acids is 1. The first-order chi connectivity index (χ1) is 14.2. The molecule has 4 heterocycles. The van der Waals surface area contributed by atoms with Gasteiger partial charge in [-0.3, -0.25) is 9.80 Å². The highest BCUT2D eigenvalue weighted by molar-refractivity contribution is 7.18. The van der Waals surface area contributed by atoms with E-state index < -0.39 is 0 Å². The van der Waals surface area contributed by atoms with Crippen molar-refractivity contribution in [2.24, 2.45) is 0 Å². The normalized spacial score (nSPS) is 25.2. The molecule has 8 nitrogen and oxygen atoms in total. The molecule has 0 radical (unpaired) electrons. The number of hydrogen-bond donors (Lipinski definition) is 0. The molecule has 9 heteroatoms. The zero-order valence-electron chi connectivity index (χ0n) is 16.6. The molecule has 0 spiro atoms. The standard InChI is InChI=1S/C20H26N4O4S/c1-26-20(25)24-10-15-16(11-24)29-19-17(15)18(21-12-22-19)28-14-4-2-13(3-5-14)23-6-8-27-9-7-23/h12-14H,2-11H2,1H3/t13-,14-. The SMILES string of the molecule is COC(=O)N1Cc2sc3ncnc(O[C@H]4CC[C@H](N5CCOCC5)CC4)c3c2C1. The van der Waals surface area contributed by atoms with Crippen molar-refractivity contribution in [3.63, 3.8) is 0 Å². The molecular formula is C20H26N4O4S. The monoisotopic (exact) mass is 418 g/mol. The van der Waals surface area contributed by atoms with Gasteiger partial charge in [0.2, 0.25) is 5.88 Å². The first-order valence-electron chi connectivity index (χ1n) is 10.3. The van der Waals surface area contributed by atoms with Crippen LogP contribution in [-0.2, 0) is 22.6 Å². The van der Waals surface area contributed by atoms with E-state index >= 15 is 0 Å². The van der Waals surface area contributed by atoms with Crippen LogP contribution in [0.3, 0.4) is 0 Å². The third-order valence-corrected chi connectivity index (χ3v) is 7.36. The molecule has 29 heavy (non-hydrogen) atoms. The number of nitrogens with zero attached hydrogens (tertiary/aromatic N) is 4. The molecule has 0 N–H and O–H groups in total. The Morgan fingerprint density at radius 1 is 1.17 bits per heavy atom. The maximum atomic E-state index is 11.9. The number of aromatic nitrogens is 2. The van der Waals surface area contributed by atoms with Crippen molar-refractivity contribution in [2.75, 3.05) is 33.4 Å². The van der Waals surface area contributed by atoms with E-state index in [-0.39, 0.29) is 12.2 Å². The van der Waals surface area contributed by atoms with Gasteiger partial charge in [-0.25, -0.2) is 14.8 Å². The second-order valence-corrected chi connectivity index (χ2v) is 8.97. The summed E-state index contributed by atoms with van der Waals surface area (Å²) in [5.74, 6) is 0.661. The van der Waals surface area contributed by atoms with Gasteiger partial charge >= 0.3 is 6.09 Å². The number of hydrogen-bond acceptors (Lipinski definition) is 8. The lowest BCUT2D eigenvalue weighted by Gasteiger charge is -2.38. The number of methoxy groups -OCH3 is 1. The van der Waals surface area contributed by atoms with Crippen LogP contribution in [0.15, 0.2) is 6.33 Å². The maximum absolute atomic E-state index is 11.9. The van der Waals surface area contributed by atoms with Gasteiger partial charge in [-0.05, 0) is 25.7 Å². The Morgan fingerprint density at radius 2 is 1.97 bits per heavy atom. The molecule has 2 aliphatic heterocycles. The predicted octanol–water partition coefficient (Wildman–Crippen LogP) is 2.80. The fraction of sp³-hybridized carbons (Fsp3) is 0.650. The van der Waals surface area contributed by atoms with Crippen molar-refractivity contribution < 1.29 is 19.0 Å². The average Bonchev–Trinajstić information content (AvgIpc) is 3.33. The van der Waals surface area contributed by atoms with Crippen LogP contribution in [0.4, 0.5) is 4.79 Å². The lowest BCUT2D eigenvalue weighted by atomic mass is 9.91. The average molecular weight is 419 g/mol. The molecule has 1 amide bonds. The second kappa shape index (κ2) is 8.04. The molecule has 0 aromatic carbocycles. The van der Waals surface area contributed by atoms with Gasteiger partial charge in [0.15, 0.2) is 0 Å². The lowest BCUT2D eigenvalue weighted by molar-refractivity contribution is -0.00126. The first-order valence-corrected chi connectivity index (χ1v) is 11.1. The Labute approximate surface area is 173 Å². The van der Waals surface area contributed by atoms with Crippen LogP contribution < -0.4 is 4.74 Å². The van der Waals surface area contributed by atoms with E-state index in [1.807, 2.05) is 0 Å². The molecule has 5 rings (SSSR count). The van der Waals surface area contributed by atoms with E-state index in [0.29, 0.717) is 25.0 Å². The summed E-state index contributed by atoms with van der Waals surface area (Å²) in [5.41, 5.74) is 1.10. The molecule has 2 fully saturated rings. The minimum absolute atomic E-state index is 0.180. The van der Waals surface area contributed by atoms with Gasteiger partial charge in [-0.2, -0.15) is 0 Å². The third-order valence-electron chi connectivity index (χ3n) is 6.24. The van der Waals surface area contributed by atoms with Gasteiger partial charge in [0.25, 0.3) is 0 Å². The van der Waals surface area contributed by atoms with Crippen molar-refractivity contribution in [1.29, 1.82) is 0 Å². The summed E-state index contributed by atoms with van der Waals surface area (Å²) in [7, 11) is 1.41. The molecule has 1 aliphatic carbocycles. The summed E-state index contributed by atoms with van der Waals surface area (Å²) in [5, 5.41) is 0.967. The Hall–Kier alpha value is -1.97. The van der Waals surface area contributed by atoms with Gasteiger partial charge in [0.1, 0.15) is 17.3 Å². The Balaban J connectivity index is 1.29. The lowest BCUT2D eigenvalue weighted by Crippen LogP contribution is -2.46. The van der Waals surface area contributed by atoms with Gasteiger partial charge in [0, 0.05) is 29.6 Å². The number of fused-ring (bicyclic) bond motifs is 3. The van der Waals surface area contributed by atoms with Crippen LogP contribution in [0.5, 0.6) is 5.88 Å². The van der Waals surface area contributed by atoms with Crippen molar-refractivity contribution >= 4 is 27.6 Å². The zero-order chi connectivity index (χ0) is 19.8. The highest BCUT2D eigenvalue weighted by Crippen LogP contribution is 2.41. The summed E-state index contributed by atoms with van der Waals surface area (Å²) in [6.45, 7) is 4.87. The van der Waals surface area contributed by atoms with E-state index in [1.54, 1.807) is 22.6 Å². The van der Waals surface area contributed by atoms with E-state index in [9.17, 15) is 4.79 Å². The van der Waals surface area contributed by atoms with Crippen molar-refractivity contribution in [3.8, 4) is 5.88 Å². The molecule has 3 aliphatic rings. The number of ether oxygens (including phenoxy) is 3. The molecule has 0 bridgehead atoms. The number of thiophene rings is 1. The molecule has 0 atom stereocenters. The Morgan fingerprint density at radius 3 is 2.72 bits per heavy atom. The summed E-state index contributed by atoms with van der Waals surface area (Å²) < 4.78 is 16.7. The van der Waals surface area contributed by atoms with Crippen LogP contribution in [0.25, 0.3) is 10.2 Å². The summed E-state index contributed by atoms with van der Waals surface area (Å²) in [4.78, 5) is 27.2. The minimum Gasteiger partial charge on any atom is -0.474 e. The van der Waals surface area contributed by atoms with Gasteiger partial charge in [-0.15, -0.1) is 11.3 Å². The quantitative estimate of drug-likeness (QED) is 0.758. The molecular weight excluding hydrogens is 392 g/mol. The van der Waals surface area contributed by atoms with Crippen LogP contribution in [0.2, 0.25) is 0 Å². The van der Waals surface area contributed by atoms with Gasteiger partial charge < -0.3 is 14.2 Å². The van der Waals surface area contributed by atoms with Crippen LogP contribution in [-0.4, -0.2) is 71.4 Å². The molecule has 0 unspecified atom stereocenters. The van der Waals surface area contributed by atoms with Crippen LogP contribution in [0.1, 0.15) is 36.1 Å². The summed E-state index contributed by atoms with van der Waals surface area (Å²) in [6, 6.07) is 0.642. The smallest absolute Gasteiger partial charge is 0.410 e. The van der Waals surface area contributed by atoms with Crippen molar-refractivity contribution in [1.82, 2.24) is 19.8 Å². The first kappa shape index (κ1) is 19.0. The predicted molar refractivity (Wildman–Crippen MR) is 108 cm³/mol. The number of rotatable bonds is 3. The van der Waals surface area contributed by atoms with Crippen molar-refractivity contribution in [2.45, 2.75) is 50.9 Å². The molecule has 1 saturated carbocycles. The summed E-state index contributed by atoms with van der Waals surface area (Å²) in [6.07, 6.45) is 5.83. The second-order valence-electron chi connectivity index (χ2n) is 7.89. The Bertz CT molecular complexity index is 890. The largest absolute Gasteiger partial charge is 0.474 e. The third kappa shape index (κ3) is 3.67. The van der Waals surface area contributed by atoms with Crippen LogP contribution in [0, 0.1) is 0 Å². The van der Waals surface area contributed by atoms with Gasteiger partial charge in [0.05, 0.1) is 38.8 Å². The van der Waals surface area contributed by atoms with E-state index in [0.717, 1.165) is 72.6 Å².